The molecule has 0 saturated heterocycles. The number of nitrogens with zero attached hydrogens (tertiary/aromatic N) is 4. The number of hydrogen-bond acceptors (Lipinski definition) is 7. The lowest BCUT2D eigenvalue weighted by atomic mass is 10.1. The molecule has 3 heterocycles. The first-order valence-electron chi connectivity index (χ1n) is 7.42. The predicted octanol–water partition coefficient (Wildman–Crippen LogP) is 1.41. The van der Waals surface area contributed by atoms with Gasteiger partial charge in [-0.15, -0.1) is 10.2 Å². The van der Waals surface area contributed by atoms with Crippen molar-refractivity contribution in [3.8, 4) is 0 Å². The van der Waals surface area contributed by atoms with Crippen LogP contribution in [-0.4, -0.2) is 32.6 Å². The fraction of sp³-hybridized carbons (Fsp3) is 0.500. The first-order chi connectivity index (χ1) is 10.7. The minimum Gasteiger partial charge on any atom is -0.363 e. The van der Waals surface area contributed by atoms with Gasteiger partial charge >= 0.3 is 0 Å². The Kier molecular flexibility index (Phi) is 3.25. The van der Waals surface area contributed by atoms with Crippen molar-refractivity contribution in [1.29, 1.82) is 0 Å². The number of nitrogens with one attached hydrogen (secondary N) is 2. The van der Waals surface area contributed by atoms with Crippen molar-refractivity contribution in [3.05, 3.63) is 27.1 Å². The van der Waals surface area contributed by atoms with E-state index in [0.29, 0.717) is 24.7 Å². The van der Waals surface area contributed by atoms with E-state index >= 15 is 0 Å². The fourth-order valence-corrected chi connectivity index (χ4v) is 3.20. The smallest absolute Gasteiger partial charge is 0.270 e. The molecular formula is C14H16N6OS. The number of carbonyl (C=O) groups excluding carboxylic acids is 1. The third kappa shape index (κ3) is 2.54. The molecule has 7 nitrogen and oxygen atoms in total. The first kappa shape index (κ1) is 13.6. The summed E-state index contributed by atoms with van der Waals surface area (Å²) in [5.74, 6) is 1.87. The van der Waals surface area contributed by atoms with Crippen LogP contribution in [0, 0.1) is 6.92 Å². The Bertz CT molecular complexity index is 739. The number of amides is 1. The van der Waals surface area contributed by atoms with Crippen molar-refractivity contribution in [3.63, 3.8) is 0 Å². The third-order valence-corrected chi connectivity index (χ3v) is 4.66. The number of hydrogen-bond donors (Lipinski definition) is 2. The molecule has 0 atom stereocenters. The van der Waals surface area contributed by atoms with Gasteiger partial charge in [0, 0.05) is 18.0 Å². The summed E-state index contributed by atoms with van der Waals surface area (Å²) in [6.07, 6.45) is 2.97. The molecule has 22 heavy (non-hydrogen) atoms. The Morgan fingerprint density at radius 1 is 1.32 bits per heavy atom. The molecule has 8 heteroatoms. The molecule has 1 aliphatic carbocycles. The second kappa shape index (κ2) is 5.28. The van der Waals surface area contributed by atoms with Gasteiger partial charge in [0.05, 0.1) is 6.54 Å². The van der Waals surface area contributed by atoms with Gasteiger partial charge in [-0.05, 0) is 26.2 Å². The van der Waals surface area contributed by atoms with Crippen LogP contribution in [0.3, 0.4) is 0 Å². The molecule has 2 aliphatic rings. The van der Waals surface area contributed by atoms with Crippen LogP contribution in [0.1, 0.15) is 50.7 Å². The van der Waals surface area contributed by atoms with E-state index in [2.05, 4.69) is 30.8 Å². The number of carbonyl (C=O) groups is 1. The Hall–Kier alpha value is -2.09. The largest absolute Gasteiger partial charge is 0.363 e. The Balaban J connectivity index is 1.65. The van der Waals surface area contributed by atoms with Crippen LogP contribution < -0.4 is 10.6 Å². The lowest BCUT2D eigenvalue weighted by molar-refractivity contribution is 0.0940. The van der Waals surface area contributed by atoms with Crippen LogP contribution in [0.4, 0.5) is 5.82 Å². The minimum atomic E-state index is -0.0969. The van der Waals surface area contributed by atoms with E-state index in [1.807, 2.05) is 6.92 Å². The van der Waals surface area contributed by atoms with Gasteiger partial charge in [-0.1, -0.05) is 11.3 Å². The number of rotatable bonds is 4. The maximum absolute atomic E-state index is 12.1. The summed E-state index contributed by atoms with van der Waals surface area (Å²) in [5, 5.41) is 16.2. The summed E-state index contributed by atoms with van der Waals surface area (Å²) >= 11 is 1.56. The number of anilines is 1. The zero-order valence-corrected chi connectivity index (χ0v) is 13.0. The van der Waals surface area contributed by atoms with Crippen molar-refractivity contribution >= 4 is 23.1 Å². The zero-order chi connectivity index (χ0) is 15.1. The molecule has 1 fully saturated rings. The van der Waals surface area contributed by atoms with E-state index in [-0.39, 0.29) is 5.91 Å². The topological polar surface area (TPSA) is 92.7 Å². The summed E-state index contributed by atoms with van der Waals surface area (Å²) < 4.78 is 0. The molecular weight excluding hydrogens is 300 g/mol. The van der Waals surface area contributed by atoms with Crippen LogP contribution in [0.15, 0.2) is 0 Å². The summed E-state index contributed by atoms with van der Waals surface area (Å²) in [6.45, 7) is 3.13. The quantitative estimate of drug-likeness (QED) is 0.886. The van der Waals surface area contributed by atoms with E-state index in [4.69, 9.17) is 0 Å². The summed E-state index contributed by atoms with van der Waals surface area (Å²) in [6, 6.07) is 0. The SMILES string of the molecule is Cc1nnc(CNc2nc(C3CC3)nc3c2CCNC3=O)s1. The molecule has 0 spiro atoms. The van der Waals surface area contributed by atoms with Crippen molar-refractivity contribution in [2.24, 2.45) is 0 Å². The second-order valence-corrected chi connectivity index (χ2v) is 6.87. The molecule has 1 amide bonds. The van der Waals surface area contributed by atoms with Gasteiger partial charge in [-0.2, -0.15) is 0 Å². The summed E-state index contributed by atoms with van der Waals surface area (Å²) in [5.41, 5.74) is 1.44. The van der Waals surface area contributed by atoms with Crippen molar-refractivity contribution in [1.82, 2.24) is 25.5 Å². The number of aryl methyl sites for hydroxylation is 1. The molecule has 2 aromatic rings. The number of aromatic nitrogens is 4. The van der Waals surface area contributed by atoms with E-state index in [0.717, 1.165) is 46.5 Å². The van der Waals surface area contributed by atoms with Crippen LogP contribution in [0.2, 0.25) is 0 Å². The second-order valence-electron chi connectivity index (χ2n) is 5.61. The summed E-state index contributed by atoms with van der Waals surface area (Å²) in [4.78, 5) is 21.2. The van der Waals surface area contributed by atoms with E-state index in [1.165, 1.54) is 0 Å². The highest BCUT2D eigenvalue weighted by Gasteiger charge is 2.31. The maximum Gasteiger partial charge on any atom is 0.270 e. The minimum absolute atomic E-state index is 0.0969. The molecule has 0 aromatic carbocycles. The number of fused-ring (bicyclic) bond motifs is 1. The van der Waals surface area contributed by atoms with Crippen molar-refractivity contribution in [2.75, 3.05) is 11.9 Å². The first-order valence-corrected chi connectivity index (χ1v) is 8.24. The van der Waals surface area contributed by atoms with E-state index in [1.54, 1.807) is 11.3 Å². The van der Waals surface area contributed by atoms with Gasteiger partial charge in [0.1, 0.15) is 27.4 Å². The van der Waals surface area contributed by atoms with Gasteiger partial charge in [-0.25, -0.2) is 9.97 Å². The van der Waals surface area contributed by atoms with Crippen LogP contribution in [-0.2, 0) is 13.0 Å². The molecule has 1 saturated carbocycles. The van der Waals surface area contributed by atoms with E-state index < -0.39 is 0 Å². The Morgan fingerprint density at radius 3 is 2.91 bits per heavy atom. The zero-order valence-electron chi connectivity index (χ0n) is 12.2. The molecule has 2 aromatic heterocycles. The highest BCUT2D eigenvalue weighted by molar-refractivity contribution is 7.11. The maximum atomic E-state index is 12.1. The molecule has 1 aliphatic heterocycles. The van der Waals surface area contributed by atoms with Crippen molar-refractivity contribution in [2.45, 2.75) is 38.6 Å². The molecule has 114 valence electrons. The van der Waals surface area contributed by atoms with Crippen LogP contribution >= 0.6 is 11.3 Å². The lowest BCUT2D eigenvalue weighted by Gasteiger charge is -2.19. The lowest BCUT2D eigenvalue weighted by Crippen LogP contribution is -2.34. The van der Waals surface area contributed by atoms with E-state index in [9.17, 15) is 4.79 Å². The van der Waals surface area contributed by atoms with Crippen LogP contribution in [0.25, 0.3) is 0 Å². The van der Waals surface area contributed by atoms with Gasteiger partial charge in [0.15, 0.2) is 0 Å². The van der Waals surface area contributed by atoms with Gasteiger partial charge in [0.2, 0.25) is 0 Å². The average molecular weight is 316 g/mol. The normalized spacial score (nSPS) is 17.0. The molecule has 2 N–H and O–H groups in total. The Morgan fingerprint density at radius 2 is 2.18 bits per heavy atom. The van der Waals surface area contributed by atoms with Gasteiger partial charge < -0.3 is 10.6 Å². The fourth-order valence-electron chi connectivity index (χ4n) is 2.55. The monoisotopic (exact) mass is 316 g/mol. The Labute approximate surface area is 131 Å². The van der Waals surface area contributed by atoms with Crippen molar-refractivity contribution < 1.29 is 4.79 Å². The molecule has 0 unspecified atom stereocenters. The predicted molar refractivity (Wildman–Crippen MR) is 82.0 cm³/mol. The highest BCUT2D eigenvalue weighted by atomic mass is 32.1. The average Bonchev–Trinajstić information content (AvgIpc) is 3.28. The standard InChI is InChI=1S/C14H16N6OS/c1-7-19-20-10(22-7)6-16-13-9-4-5-15-14(21)11(9)17-12(18-13)8-2-3-8/h8H,2-6H2,1H3,(H,15,21)(H,16,17,18). The highest BCUT2D eigenvalue weighted by Crippen LogP contribution is 2.39. The summed E-state index contributed by atoms with van der Waals surface area (Å²) in [7, 11) is 0. The molecule has 0 bridgehead atoms. The van der Waals surface area contributed by atoms with Gasteiger partial charge in [0.25, 0.3) is 5.91 Å². The molecule has 0 radical (unpaired) electrons. The molecule has 4 rings (SSSR count). The third-order valence-electron chi connectivity index (χ3n) is 3.82. The van der Waals surface area contributed by atoms with Crippen LogP contribution in [0.5, 0.6) is 0 Å². The van der Waals surface area contributed by atoms with Gasteiger partial charge in [-0.3, -0.25) is 4.79 Å².